The molecule has 0 aromatic rings. The SMILES string of the molecule is C/C=C/C(=O)C1=C(CC)CCCC1(C)C. The average Bonchev–Trinajstić information content (AvgIpc) is 2.16. The van der Waals surface area contributed by atoms with Crippen LogP contribution in [0.15, 0.2) is 23.3 Å². The first kappa shape index (κ1) is 12.2. The van der Waals surface area contributed by atoms with Crippen LogP contribution >= 0.6 is 0 Å². The van der Waals surface area contributed by atoms with Gasteiger partial charge in [0.2, 0.25) is 0 Å². The highest BCUT2D eigenvalue weighted by atomic mass is 16.1. The predicted octanol–water partition coefficient (Wildman–Crippen LogP) is 4.05. The second-order valence-electron chi connectivity index (χ2n) is 4.93. The fourth-order valence-electron chi connectivity index (χ4n) is 2.57. The van der Waals surface area contributed by atoms with Crippen molar-refractivity contribution in [2.45, 2.75) is 53.4 Å². The van der Waals surface area contributed by atoms with Crippen LogP contribution in [0.1, 0.15) is 53.4 Å². The van der Waals surface area contributed by atoms with Crippen LogP contribution in [-0.2, 0) is 4.79 Å². The molecule has 1 aliphatic carbocycles. The van der Waals surface area contributed by atoms with Crippen LogP contribution in [0.25, 0.3) is 0 Å². The van der Waals surface area contributed by atoms with Crippen molar-refractivity contribution in [3.8, 4) is 0 Å². The molecule has 84 valence electrons. The molecule has 0 aliphatic heterocycles. The van der Waals surface area contributed by atoms with Crippen molar-refractivity contribution in [2.75, 3.05) is 0 Å². The van der Waals surface area contributed by atoms with Gasteiger partial charge in [-0.15, -0.1) is 0 Å². The van der Waals surface area contributed by atoms with Crippen molar-refractivity contribution in [3.63, 3.8) is 0 Å². The van der Waals surface area contributed by atoms with Crippen molar-refractivity contribution in [3.05, 3.63) is 23.3 Å². The number of hydrogen-bond acceptors (Lipinski definition) is 1. The fraction of sp³-hybridized carbons (Fsp3) is 0.643. The number of hydrogen-bond donors (Lipinski definition) is 0. The lowest BCUT2D eigenvalue weighted by molar-refractivity contribution is -0.112. The second kappa shape index (κ2) is 4.78. The average molecular weight is 206 g/mol. The molecule has 0 aromatic heterocycles. The molecule has 0 saturated carbocycles. The summed E-state index contributed by atoms with van der Waals surface area (Å²) in [6, 6.07) is 0. The van der Waals surface area contributed by atoms with Gasteiger partial charge in [0.1, 0.15) is 0 Å². The zero-order valence-electron chi connectivity index (χ0n) is 10.4. The molecule has 0 N–H and O–H groups in total. The van der Waals surface area contributed by atoms with Gasteiger partial charge >= 0.3 is 0 Å². The van der Waals surface area contributed by atoms with E-state index in [0.717, 1.165) is 24.8 Å². The summed E-state index contributed by atoms with van der Waals surface area (Å²) in [5.74, 6) is 0.221. The molecule has 1 heteroatoms. The Hall–Kier alpha value is -0.850. The molecular formula is C14H22O. The Bertz CT molecular complexity index is 305. The van der Waals surface area contributed by atoms with Crippen LogP contribution < -0.4 is 0 Å². The van der Waals surface area contributed by atoms with Crippen molar-refractivity contribution < 1.29 is 4.79 Å². The molecule has 1 aliphatic rings. The van der Waals surface area contributed by atoms with Crippen LogP contribution in [0.5, 0.6) is 0 Å². The number of allylic oxidation sites excluding steroid dienone is 4. The zero-order chi connectivity index (χ0) is 11.5. The molecule has 0 saturated heterocycles. The summed E-state index contributed by atoms with van der Waals surface area (Å²) in [7, 11) is 0. The number of rotatable bonds is 3. The van der Waals surface area contributed by atoms with Crippen molar-refractivity contribution in [1.29, 1.82) is 0 Å². The molecule has 1 nitrogen and oxygen atoms in total. The predicted molar refractivity (Wildman–Crippen MR) is 64.8 cm³/mol. The highest BCUT2D eigenvalue weighted by molar-refractivity contribution is 6.05. The molecular weight excluding hydrogens is 184 g/mol. The Morgan fingerprint density at radius 3 is 2.67 bits per heavy atom. The van der Waals surface area contributed by atoms with Gasteiger partial charge < -0.3 is 0 Å². The van der Waals surface area contributed by atoms with Crippen LogP contribution in [0.4, 0.5) is 0 Å². The van der Waals surface area contributed by atoms with E-state index in [4.69, 9.17) is 0 Å². The smallest absolute Gasteiger partial charge is 0.181 e. The highest BCUT2D eigenvalue weighted by Gasteiger charge is 2.32. The standard InChI is InChI=1S/C14H22O/c1-5-8-12(15)13-11(6-2)9-7-10-14(13,3)4/h5,8H,6-7,9-10H2,1-4H3/b8-5+. The Kier molecular flexibility index (Phi) is 3.90. The third-order valence-electron chi connectivity index (χ3n) is 3.30. The van der Waals surface area contributed by atoms with E-state index < -0.39 is 0 Å². The Labute approximate surface area is 93.3 Å². The molecule has 0 unspecified atom stereocenters. The molecule has 0 amide bonds. The first-order valence-electron chi connectivity index (χ1n) is 5.92. The summed E-state index contributed by atoms with van der Waals surface area (Å²) >= 11 is 0. The van der Waals surface area contributed by atoms with Gasteiger partial charge in [-0.05, 0) is 44.1 Å². The Morgan fingerprint density at radius 1 is 1.47 bits per heavy atom. The summed E-state index contributed by atoms with van der Waals surface area (Å²) in [5.41, 5.74) is 2.52. The normalized spacial score (nSPS) is 21.1. The minimum atomic E-state index is 0.0696. The summed E-state index contributed by atoms with van der Waals surface area (Å²) in [6.07, 6.45) is 8.03. The van der Waals surface area contributed by atoms with Crippen LogP contribution in [-0.4, -0.2) is 5.78 Å². The van der Waals surface area contributed by atoms with E-state index in [9.17, 15) is 4.79 Å². The largest absolute Gasteiger partial charge is 0.290 e. The zero-order valence-corrected chi connectivity index (χ0v) is 10.4. The monoisotopic (exact) mass is 206 g/mol. The summed E-state index contributed by atoms with van der Waals surface area (Å²) in [6.45, 7) is 8.44. The van der Waals surface area contributed by atoms with Gasteiger partial charge in [0.05, 0.1) is 0 Å². The van der Waals surface area contributed by atoms with Gasteiger partial charge in [0, 0.05) is 5.57 Å². The van der Waals surface area contributed by atoms with E-state index in [2.05, 4.69) is 20.8 Å². The Morgan fingerprint density at radius 2 is 2.13 bits per heavy atom. The highest BCUT2D eigenvalue weighted by Crippen LogP contribution is 2.41. The molecule has 0 radical (unpaired) electrons. The first-order valence-corrected chi connectivity index (χ1v) is 5.92. The minimum absolute atomic E-state index is 0.0696. The van der Waals surface area contributed by atoms with E-state index in [1.165, 1.54) is 12.0 Å². The maximum Gasteiger partial charge on any atom is 0.181 e. The summed E-state index contributed by atoms with van der Waals surface area (Å²) in [5, 5.41) is 0. The van der Waals surface area contributed by atoms with Crippen molar-refractivity contribution in [2.24, 2.45) is 5.41 Å². The lowest BCUT2D eigenvalue weighted by atomic mass is 9.70. The third-order valence-corrected chi connectivity index (χ3v) is 3.30. The van der Waals surface area contributed by atoms with E-state index in [1.54, 1.807) is 6.08 Å². The molecule has 1 rings (SSSR count). The number of carbonyl (C=O) groups excluding carboxylic acids is 1. The van der Waals surface area contributed by atoms with Crippen LogP contribution in [0.2, 0.25) is 0 Å². The second-order valence-corrected chi connectivity index (χ2v) is 4.93. The van der Waals surface area contributed by atoms with E-state index in [0.29, 0.717) is 0 Å². The van der Waals surface area contributed by atoms with Gasteiger partial charge in [0.15, 0.2) is 5.78 Å². The number of ketones is 1. The summed E-state index contributed by atoms with van der Waals surface area (Å²) < 4.78 is 0. The molecule has 0 atom stereocenters. The molecule has 0 spiro atoms. The molecule has 15 heavy (non-hydrogen) atoms. The molecule has 0 aromatic carbocycles. The quantitative estimate of drug-likeness (QED) is 0.637. The van der Waals surface area contributed by atoms with Gasteiger partial charge in [-0.3, -0.25) is 4.79 Å². The number of carbonyl (C=O) groups is 1. The minimum Gasteiger partial charge on any atom is -0.290 e. The van der Waals surface area contributed by atoms with E-state index in [1.807, 2.05) is 13.0 Å². The lowest BCUT2D eigenvalue weighted by Gasteiger charge is -2.33. The maximum absolute atomic E-state index is 12.0. The van der Waals surface area contributed by atoms with Gasteiger partial charge in [-0.1, -0.05) is 32.4 Å². The van der Waals surface area contributed by atoms with Crippen molar-refractivity contribution in [1.82, 2.24) is 0 Å². The van der Waals surface area contributed by atoms with E-state index >= 15 is 0 Å². The first-order chi connectivity index (χ1) is 7.03. The molecule has 0 heterocycles. The van der Waals surface area contributed by atoms with Crippen molar-refractivity contribution >= 4 is 5.78 Å². The third kappa shape index (κ3) is 2.58. The summed E-state index contributed by atoms with van der Waals surface area (Å²) in [4.78, 5) is 12.0. The van der Waals surface area contributed by atoms with Gasteiger partial charge in [0.25, 0.3) is 0 Å². The van der Waals surface area contributed by atoms with Gasteiger partial charge in [-0.2, -0.15) is 0 Å². The van der Waals surface area contributed by atoms with Crippen LogP contribution in [0.3, 0.4) is 0 Å². The topological polar surface area (TPSA) is 17.1 Å². The van der Waals surface area contributed by atoms with Gasteiger partial charge in [-0.25, -0.2) is 0 Å². The Balaban J connectivity index is 3.14. The molecule has 0 fully saturated rings. The molecule has 0 bridgehead atoms. The van der Waals surface area contributed by atoms with Crippen LogP contribution in [0, 0.1) is 5.41 Å². The lowest BCUT2D eigenvalue weighted by Crippen LogP contribution is -2.25. The fourth-order valence-corrected chi connectivity index (χ4v) is 2.57. The van der Waals surface area contributed by atoms with E-state index in [-0.39, 0.29) is 11.2 Å². The maximum atomic E-state index is 12.0.